The van der Waals surface area contributed by atoms with Crippen LogP contribution < -0.4 is 10.6 Å². The molecule has 8 nitrogen and oxygen atoms in total. The van der Waals surface area contributed by atoms with Crippen molar-refractivity contribution in [3.63, 3.8) is 0 Å². The summed E-state index contributed by atoms with van der Waals surface area (Å²) in [4.78, 5) is 30.6. The maximum Gasteiger partial charge on any atom is 0.251 e. The molecule has 0 saturated heterocycles. The van der Waals surface area contributed by atoms with Crippen molar-refractivity contribution in [3.8, 4) is 0 Å². The number of para-hydroxylation sites is 3. The average Bonchev–Trinajstić information content (AvgIpc) is 3.14. The Morgan fingerprint density at radius 2 is 1.53 bits per heavy atom. The van der Waals surface area contributed by atoms with Crippen LogP contribution in [0.3, 0.4) is 0 Å². The van der Waals surface area contributed by atoms with Gasteiger partial charge in [0, 0.05) is 11.9 Å². The number of benzene rings is 3. The molecule has 0 aliphatic rings. The van der Waals surface area contributed by atoms with Gasteiger partial charge in [-0.3, -0.25) is 9.59 Å². The average molecular weight is 477 g/mol. The zero-order valence-electron chi connectivity index (χ0n) is 18.5. The Morgan fingerprint density at radius 3 is 2.21 bits per heavy atom. The maximum atomic E-state index is 13.1. The van der Waals surface area contributed by atoms with E-state index in [0.717, 1.165) is 6.26 Å². The first-order chi connectivity index (χ1) is 16.3. The molecule has 0 aliphatic carbocycles. The number of sulfone groups is 1. The molecule has 4 aromatic rings. The molecular weight excluding hydrogens is 452 g/mol. The van der Waals surface area contributed by atoms with E-state index in [2.05, 4.69) is 15.6 Å². The van der Waals surface area contributed by atoms with Gasteiger partial charge >= 0.3 is 0 Å². The molecule has 0 fully saturated rings. The number of carbonyl (C=O) groups is 2. The fourth-order valence-corrected chi connectivity index (χ4v) is 4.37. The Bertz CT molecular complexity index is 1420. The van der Waals surface area contributed by atoms with Gasteiger partial charge in [0.15, 0.2) is 9.84 Å². The van der Waals surface area contributed by atoms with Crippen molar-refractivity contribution in [3.05, 3.63) is 96.3 Å². The second kappa shape index (κ2) is 9.88. The lowest BCUT2D eigenvalue weighted by Crippen LogP contribution is -2.38. The van der Waals surface area contributed by atoms with Crippen LogP contribution in [0, 0.1) is 0 Å². The molecule has 0 bridgehead atoms. The second-order valence-electron chi connectivity index (χ2n) is 7.94. The molecule has 4 rings (SSSR count). The Hall–Kier alpha value is -3.98. The minimum atomic E-state index is -3.38. The predicted molar refractivity (Wildman–Crippen MR) is 131 cm³/mol. The van der Waals surface area contributed by atoms with E-state index in [1.807, 2.05) is 12.1 Å². The molecule has 0 spiro atoms. The lowest BCUT2D eigenvalue weighted by Gasteiger charge is -2.19. The number of rotatable bonds is 8. The highest BCUT2D eigenvalue weighted by atomic mass is 32.2. The van der Waals surface area contributed by atoms with Gasteiger partial charge in [0.25, 0.3) is 5.91 Å². The van der Waals surface area contributed by atoms with Gasteiger partial charge in [0.1, 0.15) is 24.2 Å². The Labute approximate surface area is 197 Å². The van der Waals surface area contributed by atoms with Crippen LogP contribution in [-0.2, 0) is 31.7 Å². The number of aromatic nitrogens is 2. The van der Waals surface area contributed by atoms with E-state index in [-0.39, 0.29) is 18.1 Å². The minimum Gasteiger partial charge on any atom is -0.339 e. The second-order valence-corrected chi connectivity index (χ2v) is 10.1. The van der Waals surface area contributed by atoms with Crippen LogP contribution in [0.1, 0.15) is 17.4 Å². The molecule has 34 heavy (non-hydrogen) atoms. The first-order valence-electron chi connectivity index (χ1n) is 10.6. The molecule has 1 aromatic heterocycles. The van der Waals surface area contributed by atoms with Crippen LogP contribution in [0.25, 0.3) is 11.0 Å². The van der Waals surface area contributed by atoms with E-state index < -0.39 is 27.7 Å². The molecule has 2 N–H and O–H groups in total. The van der Waals surface area contributed by atoms with E-state index >= 15 is 0 Å². The van der Waals surface area contributed by atoms with Crippen molar-refractivity contribution in [2.24, 2.45) is 0 Å². The van der Waals surface area contributed by atoms with Crippen LogP contribution in [0.5, 0.6) is 0 Å². The number of imidazole rings is 1. The van der Waals surface area contributed by atoms with Gasteiger partial charge in [0.2, 0.25) is 5.91 Å². The number of fused-ring (bicyclic) bond motifs is 1. The van der Waals surface area contributed by atoms with E-state index in [1.54, 1.807) is 77.4 Å². The van der Waals surface area contributed by atoms with Gasteiger partial charge < -0.3 is 15.2 Å². The third-order valence-electron chi connectivity index (χ3n) is 5.17. The van der Waals surface area contributed by atoms with Crippen LogP contribution in [0.2, 0.25) is 0 Å². The van der Waals surface area contributed by atoms with Crippen molar-refractivity contribution >= 4 is 38.4 Å². The molecule has 0 saturated carbocycles. The van der Waals surface area contributed by atoms with E-state index in [1.165, 1.54) is 0 Å². The topological polar surface area (TPSA) is 110 Å². The predicted octanol–water partition coefficient (Wildman–Crippen LogP) is 3.08. The maximum absolute atomic E-state index is 13.1. The summed E-state index contributed by atoms with van der Waals surface area (Å²) in [6, 6.07) is 24.1. The molecule has 3 aromatic carbocycles. The Kier molecular flexibility index (Phi) is 6.74. The van der Waals surface area contributed by atoms with Gasteiger partial charge in [-0.1, -0.05) is 60.7 Å². The summed E-state index contributed by atoms with van der Waals surface area (Å²) in [6.45, 7) is -0.187. The van der Waals surface area contributed by atoms with Crippen LogP contribution in [-0.4, -0.2) is 36.0 Å². The Morgan fingerprint density at radius 1 is 0.912 bits per heavy atom. The normalized spacial score (nSPS) is 12.3. The number of nitrogens with zero attached hydrogens (tertiary/aromatic N) is 2. The van der Waals surface area contributed by atoms with Crippen LogP contribution in [0.4, 0.5) is 5.69 Å². The highest BCUT2D eigenvalue weighted by Crippen LogP contribution is 2.19. The summed E-state index contributed by atoms with van der Waals surface area (Å²) >= 11 is 0. The molecule has 2 amide bonds. The molecule has 9 heteroatoms. The molecule has 0 radical (unpaired) electrons. The Balaban J connectivity index is 1.61. The zero-order valence-corrected chi connectivity index (χ0v) is 19.3. The summed E-state index contributed by atoms with van der Waals surface area (Å²) < 4.78 is 25.4. The monoisotopic (exact) mass is 476 g/mol. The fraction of sp³-hybridized carbons (Fsp3) is 0.160. The SMILES string of the molecule is CS(=O)(=O)Cc1nc2ccccc2n1CC(=O)NC(C(=O)Nc1ccccc1)c1ccccc1. The van der Waals surface area contributed by atoms with Gasteiger partial charge in [-0.2, -0.15) is 0 Å². The molecule has 1 heterocycles. The van der Waals surface area contributed by atoms with Gasteiger partial charge in [-0.15, -0.1) is 0 Å². The zero-order chi connectivity index (χ0) is 24.1. The number of hydrogen-bond donors (Lipinski definition) is 2. The highest BCUT2D eigenvalue weighted by Gasteiger charge is 2.24. The number of amides is 2. The summed E-state index contributed by atoms with van der Waals surface area (Å²) in [6.07, 6.45) is 1.12. The summed E-state index contributed by atoms with van der Waals surface area (Å²) in [5, 5.41) is 5.62. The number of anilines is 1. The van der Waals surface area contributed by atoms with Gasteiger partial charge in [-0.25, -0.2) is 13.4 Å². The largest absolute Gasteiger partial charge is 0.339 e. The summed E-state index contributed by atoms with van der Waals surface area (Å²) in [5.41, 5.74) is 2.46. The lowest BCUT2D eigenvalue weighted by molar-refractivity contribution is -0.127. The fourth-order valence-electron chi connectivity index (χ4n) is 3.68. The van der Waals surface area contributed by atoms with E-state index in [0.29, 0.717) is 22.3 Å². The molecule has 174 valence electrons. The smallest absolute Gasteiger partial charge is 0.251 e. The number of hydrogen-bond acceptors (Lipinski definition) is 5. The lowest BCUT2D eigenvalue weighted by atomic mass is 10.1. The van der Waals surface area contributed by atoms with Crippen molar-refractivity contribution in [2.45, 2.75) is 18.3 Å². The number of carbonyl (C=O) groups excluding carboxylic acids is 2. The molecular formula is C25H24N4O4S. The third kappa shape index (κ3) is 5.68. The highest BCUT2D eigenvalue weighted by molar-refractivity contribution is 7.89. The first kappa shape index (κ1) is 23.2. The quantitative estimate of drug-likeness (QED) is 0.406. The van der Waals surface area contributed by atoms with E-state index in [4.69, 9.17) is 0 Å². The van der Waals surface area contributed by atoms with Crippen molar-refractivity contribution in [1.29, 1.82) is 0 Å². The number of nitrogens with one attached hydrogen (secondary N) is 2. The first-order valence-corrected chi connectivity index (χ1v) is 12.7. The summed E-state index contributed by atoms with van der Waals surface area (Å²) in [7, 11) is -3.38. The van der Waals surface area contributed by atoms with Gasteiger partial charge in [-0.05, 0) is 29.8 Å². The minimum absolute atomic E-state index is 0.187. The van der Waals surface area contributed by atoms with Crippen molar-refractivity contribution in [2.75, 3.05) is 11.6 Å². The van der Waals surface area contributed by atoms with Crippen molar-refractivity contribution < 1.29 is 18.0 Å². The molecule has 1 unspecified atom stereocenters. The third-order valence-corrected chi connectivity index (χ3v) is 5.95. The van der Waals surface area contributed by atoms with Gasteiger partial charge in [0.05, 0.1) is 11.0 Å². The molecule has 1 atom stereocenters. The van der Waals surface area contributed by atoms with Crippen LogP contribution in [0.15, 0.2) is 84.9 Å². The van der Waals surface area contributed by atoms with Crippen LogP contribution >= 0.6 is 0 Å². The van der Waals surface area contributed by atoms with E-state index in [9.17, 15) is 18.0 Å². The van der Waals surface area contributed by atoms with Crippen molar-refractivity contribution in [1.82, 2.24) is 14.9 Å². The standard InChI is InChI=1S/C25H24N4O4S/c1-34(32,33)17-22-27-20-14-8-9-15-21(20)29(22)16-23(30)28-24(18-10-4-2-5-11-18)25(31)26-19-12-6-3-7-13-19/h2-15,24H,16-17H2,1H3,(H,26,31)(H,28,30). The molecule has 0 aliphatic heterocycles. The summed E-state index contributed by atoms with van der Waals surface area (Å²) in [5.74, 6) is -0.873.